The number of carbonyl (C=O) groups is 1. The van der Waals surface area contributed by atoms with Gasteiger partial charge in [0.2, 0.25) is 5.09 Å². The Hall–Kier alpha value is -1.65. The van der Waals surface area contributed by atoms with E-state index in [1.54, 1.807) is 18.2 Å². The fourth-order valence-electron chi connectivity index (χ4n) is 1.59. The number of carbonyl (C=O) groups excluding carboxylic acids is 1. The van der Waals surface area contributed by atoms with Crippen molar-refractivity contribution in [2.75, 3.05) is 6.61 Å². The van der Waals surface area contributed by atoms with Crippen LogP contribution in [-0.4, -0.2) is 31.7 Å². The van der Waals surface area contributed by atoms with Crippen LogP contribution in [0, 0.1) is 6.92 Å². The smallest absolute Gasteiger partial charge is 0.742 e. The summed E-state index contributed by atoms with van der Waals surface area (Å²) < 4.78 is 42.1. The minimum absolute atomic E-state index is 0. The molecular formula is C14H13N2NaO6S. The number of hydrazone groups is 1. The van der Waals surface area contributed by atoms with Gasteiger partial charge in [0.25, 0.3) is 5.91 Å². The summed E-state index contributed by atoms with van der Waals surface area (Å²) in [5.74, 6) is 0.0609. The molecule has 0 bridgehead atoms. The molecule has 0 saturated heterocycles. The first-order chi connectivity index (χ1) is 10.8. The van der Waals surface area contributed by atoms with Crippen LogP contribution in [0.4, 0.5) is 0 Å². The molecule has 0 atom stereocenters. The molecule has 0 spiro atoms. The van der Waals surface area contributed by atoms with E-state index in [1.807, 2.05) is 13.0 Å². The van der Waals surface area contributed by atoms with Crippen molar-refractivity contribution in [3.8, 4) is 5.75 Å². The quantitative estimate of drug-likeness (QED) is 0.276. The molecule has 0 radical (unpaired) electrons. The predicted octanol–water partition coefficient (Wildman–Crippen LogP) is -1.97. The summed E-state index contributed by atoms with van der Waals surface area (Å²) in [6, 6.07) is 9.45. The summed E-state index contributed by atoms with van der Waals surface area (Å²) in [5.41, 5.74) is 3.18. The van der Waals surface area contributed by atoms with Gasteiger partial charge >= 0.3 is 29.6 Å². The van der Waals surface area contributed by atoms with Crippen molar-refractivity contribution < 1.29 is 56.5 Å². The van der Waals surface area contributed by atoms with Crippen molar-refractivity contribution in [2.24, 2.45) is 5.10 Å². The molecule has 24 heavy (non-hydrogen) atoms. The second kappa shape index (κ2) is 9.00. The van der Waals surface area contributed by atoms with Crippen LogP contribution in [0.15, 0.2) is 51.0 Å². The minimum atomic E-state index is -4.65. The molecule has 1 aromatic heterocycles. The van der Waals surface area contributed by atoms with E-state index < -0.39 is 21.1 Å². The van der Waals surface area contributed by atoms with E-state index in [0.717, 1.165) is 17.8 Å². The molecule has 0 unspecified atom stereocenters. The Kier molecular flexibility index (Phi) is 7.64. The van der Waals surface area contributed by atoms with Crippen molar-refractivity contribution in [3.05, 3.63) is 47.7 Å². The Labute approximate surface area is 160 Å². The minimum Gasteiger partial charge on any atom is -0.742 e. The van der Waals surface area contributed by atoms with Gasteiger partial charge in [-0.05, 0) is 36.8 Å². The molecule has 0 aliphatic heterocycles. The van der Waals surface area contributed by atoms with Crippen LogP contribution in [0.2, 0.25) is 0 Å². The maximum absolute atomic E-state index is 11.5. The van der Waals surface area contributed by atoms with Gasteiger partial charge in [-0.25, -0.2) is 13.8 Å². The van der Waals surface area contributed by atoms with E-state index in [1.165, 1.54) is 6.07 Å². The molecule has 1 heterocycles. The van der Waals surface area contributed by atoms with Crippen molar-refractivity contribution in [2.45, 2.75) is 12.0 Å². The number of benzene rings is 1. The molecular weight excluding hydrogens is 347 g/mol. The Morgan fingerprint density at radius 2 is 2.12 bits per heavy atom. The summed E-state index contributed by atoms with van der Waals surface area (Å²) in [4.78, 5) is 11.5. The SMILES string of the molecule is Cc1cccc(OCC(=O)N/N=C/c2ccc(S(=O)(=O)[O-])o2)c1.[Na+]. The van der Waals surface area contributed by atoms with Crippen LogP contribution in [0.3, 0.4) is 0 Å². The van der Waals surface area contributed by atoms with Crippen LogP contribution in [0.5, 0.6) is 5.75 Å². The fraction of sp³-hybridized carbons (Fsp3) is 0.143. The second-order valence-electron chi connectivity index (χ2n) is 4.51. The third-order valence-electron chi connectivity index (χ3n) is 2.59. The zero-order chi connectivity index (χ0) is 16.9. The summed E-state index contributed by atoms with van der Waals surface area (Å²) in [6.45, 7) is 1.66. The molecule has 8 nitrogen and oxygen atoms in total. The monoisotopic (exact) mass is 360 g/mol. The number of rotatable bonds is 6. The first-order valence-corrected chi connectivity index (χ1v) is 7.82. The van der Waals surface area contributed by atoms with Gasteiger partial charge in [-0.1, -0.05) is 12.1 Å². The van der Waals surface area contributed by atoms with Crippen LogP contribution < -0.4 is 39.7 Å². The van der Waals surface area contributed by atoms with E-state index in [0.29, 0.717) is 5.75 Å². The number of hydrogen-bond acceptors (Lipinski definition) is 7. The Bertz CT molecular complexity index is 831. The number of nitrogens with zero attached hydrogens (tertiary/aromatic N) is 1. The standard InChI is InChI=1S/C14H14N2O6S.Na/c1-10-3-2-4-11(7-10)21-9-13(17)16-15-8-12-5-6-14(22-12)23(18,19)20;/h2-8H,9H2,1H3,(H,16,17)(H,18,19,20);/q;+1/p-1/b15-8+;. The van der Waals surface area contributed by atoms with Gasteiger partial charge in [0.15, 0.2) is 16.7 Å². The van der Waals surface area contributed by atoms with Gasteiger partial charge < -0.3 is 13.7 Å². The van der Waals surface area contributed by atoms with E-state index in [2.05, 4.69) is 10.5 Å². The van der Waals surface area contributed by atoms with E-state index >= 15 is 0 Å². The van der Waals surface area contributed by atoms with Crippen LogP contribution >= 0.6 is 0 Å². The largest absolute Gasteiger partial charge is 1.00 e. The number of furan rings is 1. The summed E-state index contributed by atoms with van der Waals surface area (Å²) >= 11 is 0. The van der Waals surface area contributed by atoms with Crippen LogP contribution in [0.1, 0.15) is 11.3 Å². The number of hydrogen-bond donors (Lipinski definition) is 1. The van der Waals surface area contributed by atoms with E-state index in [4.69, 9.17) is 9.15 Å². The molecule has 0 saturated carbocycles. The second-order valence-corrected chi connectivity index (χ2v) is 5.82. The maximum Gasteiger partial charge on any atom is 1.00 e. The average molecular weight is 360 g/mol. The normalized spacial score (nSPS) is 11.1. The van der Waals surface area contributed by atoms with Crippen molar-refractivity contribution in [3.63, 3.8) is 0 Å². The molecule has 1 N–H and O–H groups in total. The van der Waals surface area contributed by atoms with Crippen molar-refractivity contribution in [1.82, 2.24) is 5.43 Å². The van der Waals surface area contributed by atoms with Gasteiger partial charge in [-0.3, -0.25) is 4.79 Å². The van der Waals surface area contributed by atoms with Gasteiger partial charge in [-0.15, -0.1) is 0 Å². The number of ether oxygens (including phenoxy) is 1. The molecule has 1 amide bonds. The molecule has 0 aliphatic rings. The molecule has 2 aromatic rings. The molecule has 122 valence electrons. The summed E-state index contributed by atoms with van der Waals surface area (Å²) in [6.07, 6.45) is 1.07. The molecule has 0 fully saturated rings. The van der Waals surface area contributed by atoms with Gasteiger partial charge in [0, 0.05) is 0 Å². The number of nitrogens with one attached hydrogen (secondary N) is 1. The molecule has 0 aliphatic carbocycles. The topological polar surface area (TPSA) is 121 Å². The fourth-order valence-corrected chi connectivity index (χ4v) is 2.03. The van der Waals surface area contributed by atoms with Crippen molar-refractivity contribution in [1.29, 1.82) is 0 Å². The first-order valence-electron chi connectivity index (χ1n) is 6.42. The van der Waals surface area contributed by atoms with Gasteiger partial charge in [-0.2, -0.15) is 5.10 Å². The van der Waals surface area contributed by atoms with E-state index in [-0.39, 0.29) is 41.9 Å². The number of amides is 1. The average Bonchev–Trinajstić information content (AvgIpc) is 2.94. The molecule has 10 heteroatoms. The van der Waals surface area contributed by atoms with Crippen LogP contribution in [0.25, 0.3) is 0 Å². The third-order valence-corrected chi connectivity index (χ3v) is 3.30. The summed E-state index contributed by atoms with van der Waals surface area (Å²) in [5, 5.41) is 2.86. The third kappa shape index (κ3) is 6.46. The maximum atomic E-state index is 11.5. The van der Waals surface area contributed by atoms with E-state index in [9.17, 15) is 17.8 Å². The Morgan fingerprint density at radius 1 is 1.38 bits per heavy atom. The zero-order valence-corrected chi connectivity index (χ0v) is 15.9. The molecule has 1 aromatic carbocycles. The first kappa shape index (κ1) is 20.4. The van der Waals surface area contributed by atoms with Crippen molar-refractivity contribution >= 4 is 22.2 Å². The Morgan fingerprint density at radius 3 is 2.75 bits per heavy atom. The van der Waals surface area contributed by atoms with Gasteiger partial charge in [0.05, 0.1) is 6.21 Å². The summed E-state index contributed by atoms with van der Waals surface area (Å²) in [7, 11) is -4.65. The van der Waals surface area contributed by atoms with Crippen LogP contribution in [-0.2, 0) is 14.9 Å². The Balaban J connectivity index is 0.00000288. The molecule has 2 rings (SSSR count). The predicted molar refractivity (Wildman–Crippen MR) is 79.1 cm³/mol. The number of aryl methyl sites for hydroxylation is 1. The van der Waals surface area contributed by atoms with Gasteiger partial charge in [0.1, 0.15) is 11.5 Å². The zero-order valence-electron chi connectivity index (χ0n) is 13.1.